The first-order valence-electron chi connectivity index (χ1n) is 13.5. The van der Waals surface area contributed by atoms with Crippen molar-refractivity contribution in [3.05, 3.63) is 65.0 Å². The van der Waals surface area contributed by atoms with Gasteiger partial charge in [0.25, 0.3) is 0 Å². The molecule has 0 bridgehead atoms. The molecule has 2 aromatic carbocycles. The highest BCUT2D eigenvalue weighted by molar-refractivity contribution is 8.24. The van der Waals surface area contributed by atoms with Gasteiger partial charge in [0, 0.05) is 57.1 Å². The van der Waals surface area contributed by atoms with Crippen LogP contribution < -0.4 is 4.90 Å². The van der Waals surface area contributed by atoms with E-state index in [0.717, 1.165) is 57.6 Å². The van der Waals surface area contributed by atoms with E-state index in [1.54, 1.807) is 4.90 Å². The molecule has 2 aromatic rings. The fraction of sp³-hybridized carbons (Fsp3) is 0.500. The van der Waals surface area contributed by atoms with Gasteiger partial charge >= 0.3 is 12.0 Å². The molecule has 218 valence electrons. The van der Waals surface area contributed by atoms with E-state index in [9.17, 15) is 18.7 Å². The molecule has 5 rings (SSSR count). The zero-order valence-electron chi connectivity index (χ0n) is 22.7. The Morgan fingerprint density at radius 1 is 1.02 bits per heavy atom. The van der Waals surface area contributed by atoms with Crippen molar-refractivity contribution in [1.29, 1.82) is 0 Å². The van der Waals surface area contributed by atoms with Crippen molar-refractivity contribution in [2.75, 3.05) is 76.0 Å². The number of anilines is 1. The number of piperazine rings is 1. The number of urea groups is 1. The molecule has 0 spiro atoms. The van der Waals surface area contributed by atoms with Gasteiger partial charge in [-0.15, -0.1) is 0 Å². The lowest BCUT2D eigenvalue weighted by Crippen LogP contribution is -2.56. The van der Waals surface area contributed by atoms with Crippen molar-refractivity contribution < 1.29 is 32.6 Å². The van der Waals surface area contributed by atoms with Crippen LogP contribution in [0.25, 0.3) is 0 Å². The highest BCUT2D eigenvalue weighted by Gasteiger charge is 2.31. The first-order valence-corrected chi connectivity index (χ1v) is 15.4. The average Bonchev–Trinajstić information content (AvgIpc) is 2.92. The molecular weight excluding hydrogens is 539 g/mol. The molecule has 3 aliphatic rings. The maximum Gasteiger partial charge on any atom is 0.337 e. The van der Waals surface area contributed by atoms with Crippen LogP contribution in [0.15, 0.2) is 42.5 Å². The van der Waals surface area contributed by atoms with E-state index in [4.69, 9.17) is 4.74 Å². The van der Waals surface area contributed by atoms with E-state index in [1.165, 1.54) is 24.1 Å². The SMILES string of the molecule is COC(=O)c1ccc(CN(C(=O)N2CCS(O)(O)CC2)c2ccc(CN3CCN(C4COC4)CC3)cc2)c(F)c1. The molecule has 0 aliphatic carbocycles. The van der Waals surface area contributed by atoms with E-state index in [0.29, 0.717) is 11.7 Å². The molecule has 0 aromatic heterocycles. The summed E-state index contributed by atoms with van der Waals surface area (Å²) in [6.45, 7) is 6.84. The fourth-order valence-corrected chi connectivity index (χ4v) is 6.44. The monoisotopic (exact) mass is 576 g/mol. The predicted molar refractivity (Wildman–Crippen MR) is 151 cm³/mol. The van der Waals surface area contributed by atoms with Crippen LogP contribution in [0.4, 0.5) is 14.9 Å². The van der Waals surface area contributed by atoms with Gasteiger partial charge in [-0.25, -0.2) is 14.0 Å². The number of ether oxygens (including phenoxy) is 2. The minimum Gasteiger partial charge on any atom is -0.465 e. The number of hydrogen-bond donors (Lipinski definition) is 2. The lowest BCUT2D eigenvalue weighted by atomic mass is 10.1. The van der Waals surface area contributed by atoms with Gasteiger partial charge in [0.05, 0.1) is 50.0 Å². The Morgan fingerprint density at radius 2 is 1.70 bits per heavy atom. The maximum absolute atomic E-state index is 15.0. The molecular formula is C28H37FN4O6S. The van der Waals surface area contributed by atoms with E-state index >= 15 is 4.39 Å². The van der Waals surface area contributed by atoms with Crippen molar-refractivity contribution in [3.63, 3.8) is 0 Å². The molecule has 3 aliphatic heterocycles. The molecule has 0 radical (unpaired) electrons. The van der Waals surface area contributed by atoms with Crippen LogP contribution >= 0.6 is 10.6 Å². The van der Waals surface area contributed by atoms with Crippen LogP contribution in [0, 0.1) is 5.82 Å². The number of hydrogen-bond acceptors (Lipinski definition) is 8. The quantitative estimate of drug-likeness (QED) is 0.484. The van der Waals surface area contributed by atoms with Gasteiger partial charge in [0.15, 0.2) is 0 Å². The van der Waals surface area contributed by atoms with Crippen LogP contribution in [0.3, 0.4) is 0 Å². The summed E-state index contributed by atoms with van der Waals surface area (Å²) in [6, 6.07) is 12.0. The van der Waals surface area contributed by atoms with Crippen LogP contribution in [0.1, 0.15) is 21.5 Å². The van der Waals surface area contributed by atoms with Crippen LogP contribution in [-0.4, -0.2) is 113 Å². The third-order valence-corrected chi connectivity index (χ3v) is 9.55. The summed E-state index contributed by atoms with van der Waals surface area (Å²) in [7, 11) is -1.44. The normalized spacial score (nSPS) is 20.9. The number of halogens is 1. The molecule has 3 fully saturated rings. The molecule has 0 saturated carbocycles. The number of nitrogens with zero attached hydrogens (tertiary/aromatic N) is 4. The first kappa shape index (κ1) is 28.8. The molecule has 0 atom stereocenters. The standard InChI is InChI=1S/C28H37FN4O6S/c1-38-27(34)22-4-5-23(26(29)16-22)18-33(28(35)32-12-14-40(36,37)15-13-32)24-6-2-21(3-7-24)17-30-8-10-31(11-9-30)25-19-39-20-25/h2-7,16,25,36-37H,8-15,17-20H2,1H3. The summed E-state index contributed by atoms with van der Waals surface area (Å²) < 4.78 is 45.0. The Bertz CT molecular complexity index is 1190. The topological polar surface area (TPSA) is 106 Å². The van der Waals surface area contributed by atoms with Crippen molar-refractivity contribution in [2.45, 2.75) is 19.1 Å². The largest absolute Gasteiger partial charge is 0.465 e. The predicted octanol–water partition coefficient (Wildman–Crippen LogP) is 3.32. The maximum atomic E-state index is 15.0. The molecule has 2 amide bonds. The van der Waals surface area contributed by atoms with Gasteiger partial charge in [-0.1, -0.05) is 18.2 Å². The number of methoxy groups -OCH3 is 1. The minimum atomic E-state index is -2.68. The van der Waals surface area contributed by atoms with Crippen LogP contribution in [-0.2, 0) is 22.6 Å². The average molecular weight is 577 g/mol. The Balaban J connectivity index is 1.30. The van der Waals surface area contributed by atoms with Crippen molar-refractivity contribution >= 4 is 28.3 Å². The second-order valence-corrected chi connectivity index (χ2v) is 13.0. The van der Waals surface area contributed by atoms with Gasteiger partial charge in [-0.05, 0) is 29.8 Å². The van der Waals surface area contributed by atoms with Crippen LogP contribution in [0.5, 0.6) is 0 Å². The van der Waals surface area contributed by atoms with Crippen molar-refractivity contribution in [3.8, 4) is 0 Å². The lowest BCUT2D eigenvalue weighted by Gasteiger charge is -2.42. The van der Waals surface area contributed by atoms with Crippen LogP contribution in [0.2, 0.25) is 0 Å². The molecule has 3 saturated heterocycles. The van der Waals surface area contributed by atoms with E-state index < -0.39 is 22.4 Å². The molecule has 3 heterocycles. The fourth-order valence-electron chi connectivity index (χ4n) is 5.21. The third kappa shape index (κ3) is 6.76. The highest BCUT2D eigenvalue weighted by Crippen LogP contribution is 2.40. The second kappa shape index (κ2) is 12.4. The summed E-state index contributed by atoms with van der Waals surface area (Å²) in [6.07, 6.45) is 0. The molecule has 10 nitrogen and oxygen atoms in total. The second-order valence-electron chi connectivity index (χ2n) is 10.5. The Kier molecular flexibility index (Phi) is 8.93. The third-order valence-electron chi connectivity index (χ3n) is 7.88. The van der Waals surface area contributed by atoms with E-state index in [2.05, 4.69) is 14.5 Å². The Morgan fingerprint density at radius 3 is 2.27 bits per heavy atom. The number of carbonyl (C=O) groups excluding carboxylic acids is 2. The van der Waals surface area contributed by atoms with Gasteiger partial charge < -0.3 is 14.4 Å². The van der Waals surface area contributed by atoms with Gasteiger partial charge in [-0.2, -0.15) is 10.6 Å². The summed E-state index contributed by atoms with van der Waals surface area (Å²) in [5.74, 6) is -1.01. The molecule has 40 heavy (non-hydrogen) atoms. The van der Waals surface area contributed by atoms with Gasteiger partial charge in [0.2, 0.25) is 0 Å². The Labute approximate surface area is 235 Å². The molecule has 12 heteroatoms. The van der Waals surface area contributed by atoms with Gasteiger partial charge in [-0.3, -0.25) is 23.8 Å². The summed E-state index contributed by atoms with van der Waals surface area (Å²) in [5.41, 5.74) is 2.07. The number of benzene rings is 2. The smallest absolute Gasteiger partial charge is 0.337 e. The first-order chi connectivity index (χ1) is 19.2. The summed E-state index contributed by atoms with van der Waals surface area (Å²) in [4.78, 5) is 33.4. The lowest BCUT2D eigenvalue weighted by molar-refractivity contribution is -0.0774. The number of esters is 1. The van der Waals surface area contributed by atoms with E-state index in [-0.39, 0.29) is 48.3 Å². The van der Waals surface area contributed by atoms with Crippen molar-refractivity contribution in [1.82, 2.24) is 14.7 Å². The van der Waals surface area contributed by atoms with E-state index in [1.807, 2.05) is 24.3 Å². The van der Waals surface area contributed by atoms with Crippen molar-refractivity contribution in [2.24, 2.45) is 0 Å². The zero-order chi connectivity index (χ0) is 28.3. The van der Waals surface area contributed by atoms with Gasteiger partial charge in [0.1, 0.15) is 5.82 Å². The molecule has 0 unspecified atom stereocenters. The number of rotatable bonds is 7. The summed E-state index contributed by atoms with van der Waals surface area (Å²) >= 11 is 0. The highest BCUT2D eigenvalue weighted by atomic mass is 32.3. The summed E-state index contributed by atoms with van der Waals surface area (Å²) in [5, 5.41) is 0. The number of amides is 2. The minimum absolute atomic E-state index is 0.0505. The molecule has 2 N–H and O–H groups in total. The zero-order valence-corrected chi connectivity index (χ0v) is 23.5. The Hall–Kier alpha value is -2.74. The number of carbonyl (C=O) groups is 2.